The Morgan fingerprint density at radius 1 is 0.800 bits per heavy atom. The van der Waals surface area contributed by atoms with Gasteiger partial charge in [0.1, 0.15) is 6.54 Å². The van der Waals surface area contributed by atoms with Crippen LogP contribution >= 0.6 is 15.9 Å². The van der Waals surface area contributed by atoms with E-state index >= 15 is 0 Å². The third kappa shape index (κ3) is 8.43. The zero-order valence-electron chi connectivity index (χ0n) is 28.1. The fraction of sp³-hybridized carbons (Fsp3) is 0.447. The van der Waals surface area contributed by atoms with Crippen molar-refractivity contribution in [3.05, 3.63) is 95.7 Å². The highest BCUT2D eigenvalue weighted by Gasteiger charge is 2.44. The number of carbonyl (C=O) groups excluding carboxylic acids is 2. The number of anilines is 1. The molecule has 0 atom stereocenters. The Morgan fingerprint density at radius 2 is 1.40 bits per heavy atom. The highest BCUT2D eigenvalue weighted by Crippen LogP contribution is 2.47. The van der Waals surface area contributed by atoms with E-state index in [1.54, 1.807) is 0 Å². The van der Waals surface area contributed by atoms with E-state index in [0.717, 1.165) is 25.9 Å². The molecule has 0 bridgehead atoms. The third-order valence-corrected chi connectivity index (χ3v) is 8.46. The maximum Gasteiger partial charge on any atom is 0.306 e. The summed E-state index contributed by atoms with van der Waals surface area (Å²) in [7, 11) is 0. The predicted molar refractivity (Wildman–Crippen MR) is 189 cm³/mol. The van der Waals surface area contributed by atoms with Crippen LogP contribution in [0.3, 0.4) is 0 Å². The van der Waals surface area contributed by atoms with Crippen LogP contribution in [0.4, 0.5) is 11.4 Å². The molecule has 45 heavy (non-hydrogen) atoms. The summed E-state index contributed by atoms with van der Waals surface area (Å²) in [6.07, 6.45) is 13.0. The lowest BCUT2D eigenvalue weighted by Gasteiger charge is -2.27. The summed E-state index contributed by atoms with van der Waals surface area (Å²) >= 11 is 2.94. The largest absolute Gasteiger partial charge is 0.466 e. The molecule has 0 radical (unpaired) electrons. The number of hydrogen-bond acceptors (Lipinski definition) is 5. The number of carbonyl (C=O) groups is 2. The molecule has 0 aromatic heterocycles. The van der Waals surface area contributed by atoms with Gasteiger partial charge >= 0.3 is 11.9 Å². The van der Waals surface area contributed by atoms with Gasteiger partial charge in [-0.2, -0.15) is 4.58 Å². The highest BCUT2D eigenvalue weighted by molar-refractivity contribution is 9.08. The number of ether oxygens (including phenoxy) is 2. The predicted octanol–water partition coefficient (Wildman–Crippen LogP) is 8.55. The maximum absolute atomic E-state index is 12.0. The fourth-order valence-electron chi connectivity index (χ4n) is 6.35. The monoisotopic (exact) mass is 677 g/mol. The Labute approximate surface area is 278 Å². The minimum atomic E-state index is -0.159. The van der Waals surface area contributed by atoms with Gasteiger partial charge in [0.15, 0.2) is 5.71 Å². The molecule has 0 spiro atoms. The van der Waals surface area contributed by atoms with Crippen molar-refractivity contribution in [2.75, 3.05) is 37.0 Å². The normalized spacial score (nSPS) is 17.0. The molecule has 0 N–H and O–H groups in total. The number of rotatable bonds is 13. The van der Waals surface area contributed by atoms with E-state index in [-0.39, 0.29) is 22.8 Å². The van der Waals surface area contributed by atoms with Crippen molar-refractivity contribution < 1.29 is 23.6 Å². The van der Waals surface area contributed by atoms with E-state index < -0.39 is 0 Å². The number of allylic oxidation sites excluding steroid dienone is 6. The molecule has 0 saturated carbocycles. The van der Waals surface area contributed by atoms with Gasteiger partial charge in [0.2, 0.25) is 5.69 Å². The summed E-state index contributed by atoms with van der Waals surface area (Å²) in [5.74, 6) is 1.52. The summed E-state index contributed by atoms with van der Waals surface area (Å²) in [5.41, 5.74) is 7.09. The molecule has 2 aromatic rings. The van der Waals surface area contributed by atoms with E-state index in [9.17, 15) is 9.59 Å². The van der Waals surface area contributed by atoms with E-state index in [1.807, 2.05) is 19.7 Å². The Bertz CT molecular complexity index is 1450. The molecule has 0 aliphatic carbocycles. The first-order valence-corrected chi connectivity index (χ1v) is 17.6. The Kier molecular flexibility index (Phi) is 13.4. The first-order chi connectivity index (χ1) is 21.6. The Hall–Kier alpha value is -3.45. The Morgan fingerprint density at radius 3 is 2.07 bits per heavy atom. The minimum Gasteiger partial charge on any atom is -0.466 e. The van der Waals surface area contributed by atoms with Crippen LogP contribution in [0, 0.1) is 0 Å². The molecule has 0 saturated heterocycles. The van der Waals surface area contributed by atoms with Gasteiger partial charge in [0, 0.05) is 53.9 Å². The molecular formula is C38H50BrN2O4+. The van der Waals surface area contributed by atoms with Crippen LogP contribution in [0.15, 0.2) is 84.6 Å². The molecule has 0 fully saturated rings. The van der Waals surface area contributed by atoms with Crippen molar-refractivity contribution in [1.29, 1.82) is 0 Å². The van der Waals surface area contributed by atoms with E-state index in [0.29, 0.717) is 26.1 Å². The lowest BCUT2D eigenvalue weighted by Crippen LogP contribution is -2.28. The molecule has 4 rings (SSSR count). The summed E-state index contributed by atoms with van der Waals surface area (Å²) in [4.78, 5) is 26.3. The average Bonchev–Trinajstić information content (AvgIpc) is 3.37. The number of esters is 2. The second kappa shape index (κ2) is 16.7. The van der Waals surface area contributed by atoms with Crippen molar-refractivity contribution in [1.82, 2.24) is 0 Å². The molecule has 242 valence electrons. The minimum absolute atomic E-state index is 0.144. The smallest absolute Gasteiger partial charge is 0.306 e. The third-order valence-electron chi connectivity index (χ3n) is 8.46. The van der Waals surface area contributed by atoms with Crippen molar-refractivity contribution in [2.24, 2.45) is 0 Å². The van der Waals surface area contributed by atoms with E-state index in [2.05, 4.69) is 132 Å². The number of alkyl halides is 1. The van der Waals surface area contributed by atoms with Gasteiger partial charge in [-0.3, -0.25) is 9.59 Å². The summed E-state index contributed by atoms with van der Waals surface area (Å²) < 4.78 is 12.6. The zero-order chi connectivity index (χ0) is 33.0. The number of para-hydroxylation sites is 2. The molecule has 2 aromatic carbocycles. The molecule has 2 aliphatic heterocycles. The Balaban J connectivity index is 0.00000271. The van der Waals surface area contributed by atoms with Crippen LogP contribution in [-0.2, 0) is 29.9 Å². The van der Waals surface area contributed by atoms with Crippen LogP contribution in [0.5, 0.6) is 0 Å². The average molecular weight is 679 g/mol. The topological polar surface area (TPSA) is 58.8 Å². The molecule has 2 aliphatic rings. The van der Waals surface area contributed by atoms with Crippen LogP contribution < -0.4 is 4.90 Å². The fourth-order valence-corrected chi connectivity index (χ4v) is 6.35. The molecule has 2 heterocycles. The lowest BCUT2D eigenvalue weighted by molar-refractivity contribution is -0.438. The number of halogens is 1. The zero-order valence-corrected chi connectivity index (χ0v) is 29.7. The van der Waals surface area contributed by atoms with Gasteiger partial charge in [-0.25, -0.2) is 0 Å². The first-order valence-electron chi connectivity index (χ1n) is 16.0. The van der Waals surface area contributed by atoms with Gasteiger partial charge in [0.05, 0.1) is 25.0 Å². The van der Waals surface area contributed by atoms with Crippen molar-refractivity contribution >= 4 is 45.0 Å². The van der Waals surface area contributed by atoms with Crippen molar-refractivity contribution in [3.8, 4) is 0 Å². The molecular weight excluding hydrogens is 628 g/mol. The lowest BCUT2D eigenvalue weighted by atomic mass is 9.81. The maximum atomic E-state index is 12.0. The molecule has 7 heteroatoms. The molecule has 0 amide bonds. The van der Waals surface area contributed by atoms with Crippen LogP contribution in [0.1, 0.15) is 78.4 Å². The number of nitrogens with zero attached hydrogens (tertiary/aromatic N) is 2. The van der Waals surface area contributed by atoms with Gasteiger partial charge < -0.3 is 14.4 Å². The van der Waals surface area contributed by atoms with Gasteiger partial charge in [0.25, 0.3) is 0 Å². The van der Waals surface area contributed by atoms with Crippen LogP contribution in [-0.4, -0.2) is 54.4 Å². The van der Waals surface area contributed by atoms with Crippen LogP contribution in [0.2, 0.25) is 0 Å². The summed E-state index contributed by atoms with van der Waals surface area (Å²) in [5, 5.41) is 0. The number of benzene rings is 2. The highest BCUT2D eigenvalue weighted by atomic mass is 79.9. The number of fused-ring (bicyclic) bond motifs is 2. The van der Waals surface area contributed by atoms with Gasteiger partial charge in [-0.15, -0.1) is 0 Å². The van der Waals surface area contributed by atoms with E-state index in [4.69, 9.17) is 9.47 Å². The second-order valence-corrected chi connectivity index (χ2v) is 12.1. The van der Waals surface area contributed by atoms with Crippen molar-refractivity contribution in [3.63, 3.8) is 0 Å². The van der Waals surface area contributed by atoms with Crippen molar-refractivity contribution in [2.45, 2.75) is 78.1 Å². The SMILES string of the molecule is CBr.CCOC(=O)CCCN1/C(=C/C=C/C=C/C2=[N+](CCCC(=O)OCC)c3ccccc3C2(C)C)C(C)(C)c2ccccc21. The quantitative estimate of drug-likeness (QED) is 0.0920. The standard InChI is InChI=1S/C37H47N2O4.CH3Br/c1-7-42-34(40)24-16-26-38-30-20-14-12-18-28(30)36(3,4)32(38)22-10-9-11-23-33-37(5,6)29-19-13-15-21-31(29)39(33)27-17-25-35(41)43-8-2;1-2/h9-15,18-23H,7-8,16-17,24-27H2,1-6H3;1H3/q+1;. The van der Waals surface area contributed by atoms with Crippen LogP contribution in [0.25, 0.3) is 0 Å². The van der Waals surface area contributed by atoms with Gasteiger partial charge in [-0.1, -0.05) is 84.4 Å². The van der Waals surface area contributed by atoms with E-state index in [1.165, 1.54) is 33.9 Å². The summed E-state index contributed by atoms with van der Waals surface area (Å²) in [6, 6.07) is 17.1. The second-order valence-electron chi connectivity index (χ2n) is 12.1. The molecule has 6 nitrogen and oxygen atoms in total. The van der Waals surface area contributed by atoms with Gasteiger partial charge in [-0.05, 0) is 57.7 Å². The summed E-state index contributed by atoms with van der Waals surface area (Å²) in [6.45, 7) is 15.0. The number of hydrogen-bond donors (Lipinski definition) is 0. The first kappa shape index (κ1) is 36.0. The molecule has 0 unspecified atom stereocenters.